The molecular formula is C21H33Cl2N3O. The lowest BCUT2D eigenvalue weighted by Gasteiger charge is -2.44. The summed E-state index contributed by atoms with van der Waals surface area (Å²) in [6.07, 6.45) is 5.58. The lowest BCUT2D eigenvalue weighted by Crippen LogP contribution is -2.50. The first-order chi connectivity index (χ1) is 12.4. The molecule has 6 heteroatoms. The highest BCUT2D eigenvalue weighted by Crippen LogP contribution is 2.42. The summed E-state index contributed by atoms with van der Waals surface area (Å²) in [5.41, 5.74) is 7.51. The summed E-state index contributed by atoms with van der Waals surface area (Å²) in [7, 11) is 4.10. The second-order valence-electron chi connectivity index (χ2n) is 8.39. The van der Waals surface area contributed by atoms with Gasteiger partial charge in [0.15, 0.2) is 0 Å². The summed E-state index contributed by atoms with van der Waals surface area (Å²) in [6, 6.07) is 8.14. The van der Waals surface area contributed by atoms with Gasteiger partial charge in [-0.25, -0.2) is 0 Å². The monoisotopic (exact) mass is 413 g/mol. The Morgan fingerprint density at radius 1 is 1.19 bits per heavy atom. The van der Waals surface area contributed by atoms with Crippen LogP contribution in [-0.4, -0.2) is 48.9 Å². The van der Waals surface area contributed by atoms with Crippen LogP contribution in [0, 0.1) is 17.8 Å². The van der Waals surface area contributed by atoms with Gasteiger partial charge in [0.25, 0.3) is 0 Å². The fourth-order valence-electron chi connectivity index (χ4n) is 4.69. The molecule has 1 amide bonds. The van der Waals surface area contributed by atoms with Gasteiger partial charge in [0.2, 0.25) is 5.91 Å². The van der Waals surface area contributed by atoms with Crippen molar-refractivity contribution in [3.05, 3.63) is 34.9 Å². The largest absolute Gasteiger partial charge is 0.337 e. The van der Waals surface area contributed by atoms with Gasteiger partial charge in [-0.05, 0) is 69.3 Å². The standard InChI is InChI=1S/C21H32ClN3O.ClH/c1-24(2)9-10-25(14-15-5-3-8-19(22)11-15)21(26)18-12-16-6-4-7-17(13-18)20(16)23;/h3,5,8,11,16-18,20H,4,6-7,9-10,12-14,23H2,1-2H3;1H. The van der Waals surface area contributed by atoms with Gasteiger partial charge in [0.1, 0.15) is 0 Å². The molecule has 0 heterocycles. The van der Waals surface area contributed by atoms with E-state index in [0.29, 0.717) is 30.3 Å². The number of rotatable bonds is 6. The second kappa shape index (κ2) is 10.1. The van der Waals surface area contributed by atoms with Crippen molar-refractivity contribution in [1.29, 1.82) is 0 Å². The average molecular weight is 414 g/mol. The molecule has 152 valence electrons. The first-order valence-electron chi connectivity index (χ1n) is 9.87. The van der Waals surface area contributed by atoms with Crippen LogP contribution < -0.4 is 5.73 Å². The highest BCUT2D eigenvalue weighted by Gasteiger charge is 2.41. The summed E-state index contributed by atoms with van der Waals surface area (Å²) >= 11 is 6.14. The highest BCUT2D eigenvalue weighted by atomic mass is 35.5. The number of nitrogens with two attached hydrogens (primary N) is 1. The fourth-order valence-corrected chi connectivity index (χ4v) is 4.91. The van der Waals surface area contributed by atoms with Crippen LogP contribution in [0.15, 0.2) is 24.3 Å². The number of carbonyl (C=O) groups is 1. The molecule has 0 spiro atoms. The lowest BCUT2D eigenvalue weighted by atomic mass is 9.65. The van der Waals surface area contributed by atoms with E-state index in [4.69, 9.17) is 17.3 Å². The van der Waals surface area contributed by atoms with Crippen molar-refractivity contribution in [2.75, 3.05) is 27.2 Å². The van der Waals surface area contributed by atoms with Crippen LogP contribution in [0.1, 0.15) is 37.7 Å². The molecule has 0 aliphatic heterocycles. The molecule has 3 rings (SSSR count). The van der Waals surface area contributed by atoms with E-state index in [2.05, 4.69) is 4.90 Å². The molecule has 2 unspecified atom stereocenters. The van der Waals surface area contributed by atoms with Crippen molar-refractivity contribution >= 4 is 29.9 Å². The van der Waals surface area contributed by atoms with Crippen molar-refractivity contribution < 1.29 is 4.79 Å². The quantitative estimate of drug-likeness (QED) is 0.770. The van der Waals surface area contributed by atoms with Crippen LogP contribution in [0.5, 0.6) is 0 Å². The van der Waals surface area contributed by atoms with E-state index < -0.39 is 0 Å². The zero-order valence-corrected chi connectivity index (χ0v) is 18.0. The summed E-state index contributed by atoms with van der Waals surface area (Å²) in [5, 5.41) is 0.723. The maximum absolute atomic E-state index is 13.4. The molecule has 2 bridgehead atoms. The van der Waals surface area contributed by atoms with E-state index in [9.17, 15) is 4.79 Å². The topological polar surface area (TPSA) is 49.6 Å². The lowest BCUT2D eigenvalue weighted by molar-refractivity contribution is -0.139. The van der Waals surface area contributed by atoms with Crippen molar-refractivity contribution in [2.24, 2.45) is 23.5 Å². The minimum absolute atomic E-state index is 0. The molecule has 0 saturated heterocycles. The zero-order chi connectivity index (χ0) is 18.7. The fraction of sp³-hybridized carbons (Fsp3) is 0.667. The molecule has 2 aliphatic rings. The van der Waals surface area contributed by atoms with Gasteiger partial charge >= 0.3 is 0 Å². The molecule has 0 aromatic heterocycles. The Hall–Kier alpha value is -0.810. The maximum Gasteiger partial charge on any atom is 0.226 e. The van der Waals surface area contributed by atoms with Crippen LogP contribution in [-0.2, 0) is 11.3 Å². The molecule has 2 aliphatic carbocycles. The summed E-state index contributed by atoms with van der Waals surface area (Å²) in [6.45, 7) is 2.24. The normalized spacial score (nSPS) is 27.1. The van der Waals surface area contributed by atoms with Crippen molar-refractivity contribution in [2.45, 2.75) is 44.7 Å². The number of hydrogen-bond donors (Lipinski definition) is 1. The number of halogens is 2. The molecule has 0 radical (unpaired) electrons. The van der Waals surface area contributed by atoms with E-state index in [1.807, 2.05) is 43.3 Å². The Morgan fingerprint density at radius 3 is 2.44 bits per heavy atom. The Kier molecular flexibility index (Phi) is 8.41. The number of carbonyl (C=O) groups excluding carboxylic acids is 1. The van der Waals surface area contributed by atoms with Gasteiger partial charge in [-0.15, -0.1) is 12.4 Å². The molecule has 1 aromatic carbocycles. The van der Waals surface area contributed by atoms with Gasteiger partial charge in [-0.1, -0.05) is 30.2 Å². The number of nitrogens with zero attached hydrogens (tertiary/aromatic N) is 2. The van der Waals surface area contributed by atoms with Crippen LogP contribution in [0.2, 0.25) is 5.02 Å². The zero-order valence-electron chi connectivity index (χ0n) is 16.4. The number of hydrogen-bond acceptors (Lipinski definition) is 3. The first kappa shape index (κ1) is 22.5. The van der Waals surface area contributed by atoms with Crippen molar-refractivity contribution in [1.82, 2.24) is 9.80 Å². The van der Waals surface area contributed by atoms with Crippen molar-refractivity contribution in [3.8, 4) is 0 Å². The van der Waals surface area contributed by atoms with Gasteiger partial charge in [0, 0.05) is 36.6 Å². The molecule has 2 saturated carbocycles. The highest BCUT2D eigenvalue weighted by molar-refractivity contribution is 6.30. The van der Waals surface area contributed by atoms with Crippen molar-refractivity contribution in [3.63, 3.8) is 0 Å². The minimum atomic E-state index is 0. The van der Waals surface area contributed by atoms with E-state index >= 15 is 0 Å². The molecule has 1 aromatic rings. The van der Waals surface area contributed by atoms with Crippen LogP contribution in [0.3, 0.4) is 0 Å². The third kappa shape index (κ3) is 5.83. The Labute approximate surface area is 174 Å². The summed E-state index contributed by atoms with van der Waals surface area (Å²) in [4.78, 5) is 17.5. The van der Waals surface area contributed by atoms with Crippen LogP contribution in [0.25, 0.3) is 0 Å². The van der Waals surface area contributed by atoms with Gasteiger partial charge in [-0.3, -0.25) is 4.79 Å². The van der Waals surface area contributed by atoms with Crippen LogP contribution >= 0.6 is 24.0 Å². The van der Waals surface area contributed by atoms with E-state index in [1.165, 1.54) is 19.3 Å². The molecule has 4 nitrogen and oxygen atoms in total. The third-order valence-corrected chi connectivity index (χ3v) is 6.39. The van der Waals surface area contributed by atoms with Gasteiger partial charge < -0.3 is 15.5 Å². The maximum atomic E-state index is 13.4. The number of fused-ring (bicyclic) bond motifs is 2. The van der Waals surface area contributed by atoms with E-state index in [0.717, 1.165) is 36.5 Å². The first-order valence-corrected chi connectivity index (χ1v) is 10.3. The predicted molar refractivity (Wildman–Crippen MR) is 114 cm³/mol. The Bertz CT molecular complexity index is 611. The number of amides is 1. The van der Waals surface area contributed by atoms with E-state index in [-0.39, 0.29) is 18.3 Å². The predicted octanol–water partition coefficient (Wildman–Crippen LogP) is 3.81. The molecule has 2 atom stereocenters. The summed E-state index contributed by atoms with van der Waals surface area (Å²) < 4.78 is 0. The molecule has 27 heavy (non-hydrogen) atoms. The minimum Gasteiger partial charge on any atom is -0.337 e. The smallest absolute Gasteiger partial charge is 0.226 e. The number of benzene rings is 1. The second-order valence-corrected chi connectivity index (χ2v) is 8.83. The van der Waals surface area contributed by atoms with E-state index in [1.54, 1.807) is 0 Å². The molecule has 2 fully saturated rings. The van der Waals surface area contributed by atoms with Crippen LogP contribution in [0.4, 0.5) is 0 Å². The Balaban J connectivity index is 0.00000261. The van der Waals surface area contributed by atoms with Gasteiger partial charge in [0.05, 0.1) is 0 Å². The Morgan fingerprint density at radius 2 is 1.85 bits per heavy atom. The molecular weight excluding hydrogens is 381 g/mol. The van der Waals surface area contributed by atoms with Gasteiger partial charge in [-0.2, -0.15) is 0 Å². The molecule has 2 N–H and O–H groups in total. The average Bonchev–Trinajstić information content (AvgIpc) is 2.57. The number of likely N-dealkylation sites (N-methyl/N-ethyl adjacent to an activating group) is 1. The third-order valence-electron chi connectivity index (χ3n) is 6.15. The SMILES string of the molecule is CN(C)CCN(Cc1cccc(Cl)c1)C(=O)C1CC2CCCC(C1)C2N.Cl. The summed E-state index contributed by atoms with van der Waals surface area (Å²) in [5.74, 6) is 1.48.